The summed E-state index contributed by atoms with van der Waals surface area (Å²) < 4.78 is 4.69. The number of piperidine rings is 3. The van der Waals surface area contributed by atoms with Crippen LogP contribution in [0.15, 0.2) is 30.9 Å². The monoisotopic (exact) mass is 379 g/mol. The van der Waals surface area contributed by atoms with Crippen molar-refractivity contribution in [1.29, 1.82) is 0 Å². The van der Waals surface area contributed by atoms with Gasteiger partial charge in [-0.3, -0.25) is 4.79 Å². The Hall–Kier alpha value is -2.05. The fourth-order valence-electron chi connectivity index (χ4n) is 4.43. The van der Waals surface area contributed by atoms with Gasteiger partial charge in [0.1, 0.15) is 0 Å². The van der Waals surface area contributed by atoms with Crippen LogP contribution in [0.2, 0.25) is 0 Å². The lowest BCUT2D eigenvalue weighted by molar-refractivity contribution is -0.140. The van der Waals surface area contributed by atoms with Crippen LogP contribution in [0.5, 0.6) is 0 Å². The molecule has 3 saturated heterocycles. The lowest BCUT2D eigenvalue weighted by Gasteiger charge is -2.42. The van der Waals surface area contributed by atoms with Crippen molar-refractivity contribution in [2.45, 2.75) is 51.4 Å². The summed E-state index contributed by atoms with van der Waals surface area (Å²) in [6, 6.07) is 6.70. The Morgan fingerprint density at radius 3 is 2.79 bits per heavy atom. The molecule has 1 unspecified atom stereocenters. The predicted octanol–water partition coefficient (Wildman–Crippen LogP) is 4.38. The van der Waals surface area contributed by atoms with Crippen molar-refractivity contribution < 1.29 is 9.53 Å². The first-order valence-electron chi connectivity index (χ1n) is 10.7. The van der Waals surface area contributed by atoms with Gasteiger partial charge in [-0.25, -0.2) is 0 Å². The van der Waals surface area contributed by atoms with E-state index in [-0.39, 0.29) is 5.97 Å². The van der Waals surface area contributed by atoms with Crippen LogP contribution < -0.4 is 0 Å². The zero-order valence-corrected chi connectivity index (χ0v) is 17.2. The maximum Gasteiger partial charge on any atom is 0.305 e. The van der Waals surface area contributed by atoms with Gasteiger partial charge in [-0.15, -0.1) is 6.58 Å². The Kier molecular flexibility index (Phi) is 7.74. The fourth-order valence-corrected chi connectivity index (χ4v) is 4.43. The van der Waals surface area contributed by atoms with E-state index < -0.39 is 0 Å². The van der Waals surface area contributed by atoms with Crippen LogP contribution in [0.25, 0.3) is 0 Å². The first-order chi connectivity index (χ1) is 13.7. The highest BCUT2D eigenvalue weighted by atomic mass is 16.5. The molecular weight excluding hydrogens is 346 g/mol. The van der Waals surface area contributed by atoms with Gasteiger partial charge in [0, 0.05) is 24.4 Å². The minimum absolute atomic E-state index is 0.112. The van der Waals surface area contributed by atoms with Crippen LogP contribution in [0.4, 0.5) is 0 Å². The summed E-state index contributed by atoms with van der Waals surface area (Å²) in [7, 11) is 1.45. The van der Waals surface area contributed by atoms with Crippen LogP contribution in [0.3, 0.4) is 0 Å². The third kappa shape index (κ3) is 5.72. The summed E-state index contributed by atoms with van der Waals surface area (Å²) in [6.07, 6.45) is 10.1. The molecule has 0 radical (unpaired) electrons. The molecule has 4 rings (SSSR count). The summed E-state index contributed by atoms with van der Waals surface area (Å²) >= 11 is 0. The van der Waals surface area contributed by atoms with Gasteiger partial charge in [0.15, 0.2) is 0 Å². The lowest BCUT2D eigenvalue weighted by atomic mass is 9.79. The second-order valence-electron chi connectivity index (χ2n) is 8.13. The molecule has 1 aromatic carbocycles. The normalized spacial score (nSPS) is 23.0. The van der Waals surface area contributed by atoms with Crippen LogP contribution >= 0.6 is 0 Å². The van der Waals surface area contributed by atoms with Crippen LogP contribution in [-0.2, 0) is 22.4 Å². The zero-order valence-electron chi connectivity index (χ0n) is 17.2. The van der Waals surface area contributed by atoms with Gasteiger partial charge in [0.05, 0.1) is 7.11 Å². The maximum atomic E-state index is 11.2. The SMILES string of the molecule is C=CCc1cc(CCCCCC(=O)OC)ccc1C#CC1CN2CCC1CC2. The molecule has 1 aromatic rings. The summed E-state index contributed by atoms with van der Waals surface area (Å²) in [5, 5.41) is 0. The highest BCUT2D eigenvalue weighted by molar-refractivity contribution is 5.68. The number of carbonyl (C=O) groups excluding carboxylic acids is 1. The van der Waals surface area contributed by atoms with Crippen molar-refractivity contribution in [3.8, 4) is 11.8 Å². The van der Waals surface area contributed by atoms with E-state index in [1.54, 1.807) is 0 Å². The number of allylic oxidation sites excluding steroid dienone is 1. The van der Waals surface area contributed by atoms with Gasteiger partial charge >= 0.3 is 5.97 Å². The second kappa shape index (κ2) is 10.5. The van der Waals surface area contributed by atoms with Gasteiger partial charge in [-0.2, -0.15) is 0 Å². The molecule has 3 aliphatic heterocycles. The minimum Gasteiger partial charge on any atom is -0.469 e. The van der Waals surface area contributed by atoms with Crippen molar-refractivity contribution in [3.05, 3.63) is 47.5 Å². The first kappa shape index (κ1) is 20.7. The number of carbonyl (C=O) groups is 1. The van der Waals surface area contributed by atoms with E-state index in [1.165, 1.54) is 44.2 Å². The van der Waals surface area contributed by atoms with Gasteiger partial charge in [0.2, 0.25) is 0 Å². The smallest absolute Gasteiger partial charge is 0.305 e. The Balaban J connectivity index is 1.58. The quantitative estimate of drug-likeness (QED) is 0.290. The number of ether oxygens (including phenoxy) is 1. The minimum atomic E-state index is -0.112. The van der Waals surface area contributed by atoms with E-state index in [4.69, 9.17) is 0 Å². The highest BCUT2D eigenvalue weighted by Gasteiger charge is 2.32. The number of hydrogen-bond donors (Lipinski definition) is 0. The van der Waals surface area contributed by atoms with E-state index in [0.29, 0.717) is 12.3 Å². The van der Waals surface area contributed by atoms with Gasteiger partial charge in [-0.1, -0.05) is 36.5 Å². The molecule has 28 heavy (non-hydrogen) atoms. The summed E-state index contributed by atoms with van der Waals surface area (Å²) in [5.74, 6) is 8.31. The number of hydrogen-bond acceptors (Lipinski definition) is 3. The molecule has 0 spiro atoms. The number of nitrogens with zero attached hydrogens (tertiary/aromatic N) is 1. The molecule has 0 amide bonds. The van der Waals surface area contributed by atoms with E-state index in [2.05, 4.69) is 46.3 Å². The van der Waals surface area contributed by atoms with Crippen LogP contribution in [-0.4, -0.2) is 37.6 Å². The summed E-state index contributed by atoms with van der Waals surface area (Å²) in [4.78, 5) is 13.7. The largest absolute Gasteiger partial charge is 0.469 e. The number of aryl methyl sites for hydroxylation is 1. The standard InChI is InChI=1S/C25H33NO2/c1-3-7-23-18-20(8-5-4-6-9-25(27)28-2)10-11-21(23)12-13-24-19-26-16-14-22(24)15-17-26/h3,10-11,18,22,24H,1,4-9,14-17,19H2,2H3. The first-order valence-corrected chi connectivity index (χ1v) is 10.7. The predicted molar refractivity (Wildman–Crippen MR) is 114 cm³/mol. The Morgan fingerprint density at radius 2 is 2.11 bits per heavy atom. The molecule has 3 heterocycles. The number of esters is 1. The average molecular weight is 380 g/mol. The van der Waals surface area contributed by atoms with Crippen molar-refractivity contribution in [2.24, 2.45) is 11.8 Å². The van der Waals surface area contributed by atoms with Gasteiger partial charge < -0.3 is 9.64 Å². The third-order valence-electron chi connectivity index (χ3n) is 6.16. The molecule has 3 aliphatic rings. The van der Waals surface area contributed by atoms with E-state index in [0.717, 1.165) is 50.1 Å². The summed E-state index contributed by atoms with van der Waals surface area (Å²) in [6.45, 7) is 7.60. The molecule has 3 heteroatoms. The number of rotatable bonds is 8. The van der Waals surface area contributed by atoms with E-state index in [1.807, 2.05) is 6.08 Å². The molecule has 0 N–H and O–H groups in total. The number of fused-ring (bicyclic) bond motifs is 3. The number of benzene rings is 1. The van der Waals surface area contributed by atoms with Crippen molar-refractivity contribution in [2.75, 3.05) is 26.7 Å². The molecule has 3 fully saturated rings. The van der Waals surface area contributed by atoms with Crippen molar-refractivity contribution in [1.82, 2.24) is 4.90 Å². The van der Waals surface area contributed by atoms with Gasteiger partial charge in [-0.05, 0) is 74.7 Å². The molecule has 0 aliphatic carbocycles. The van der Waals surface area contributed by atoms with Crippen LogP contribution in [0.1, 0.15) is 55.2 Å². The highest BCUT2D eigenvalue weighted by Crippen LogP contribution is 2.31. The third-order valence-corrected chi connectivity index (χ3v) is 6.16. The molecule has 0 saturated carbocycles. The fraction of sp³-hybridized carbons (Fsp3) is 0.560. The Bertz CT molecular complexity index is 735. The van der Waals surface area contributed by atoms with Crippen molar-refractivity contribution in [3.63, 3.8) is 0 Å². The van der Waals surface area contributed by atoms with Crippen molar-refractivity contribution >= 4 is 5.97 Å². The number of methoxy groups -OCH3 is 1. The molecular formula is C25H33NO2. The zero-order chi connectivity index (χ0) is 19.8. The second-order valence-corrected chi connectivity index (χ2v) is 8.13. The van der Waals surface area contributed by atoms with Crippen LogP contribution in [0, 0.1) is 23.7 Å². The molecule has 2 bridgehead atoms. The number of unbranched alkanes of at least 4 members (excludes halogenated alkanes) is 2. The average Bonchev–Trinajstić information content (AvgIpc) is 2.73. The molecule has 1 atom stereocenters. The summed E-state index contributed by atoms with van der Waals surface area (Å²) in [5.41, 5.74) is 3.80. The lowest BCUT2D eigenvalue weighted by Crippen LogP contribution is -2.46. The Labute approximate surface area is 170 Å². The maximum absolute atomic E-state index is 11.2. The molecule has 3 nitrogen and oxygen atoms in total. The van der Waals surface area contributed by atoms with Gasteiger partial charge in [0.25, 0.3) is 0 Å². The van der Waals surface area contributed by atoms with E-state index in [9.17, 15) is 4.79 Å². The Morgan fingerprint density at radius 1 is 1.29 bits per heavy atom. The molecule has 150 valence electrons. The topological polar surface area (TPSA) is 29.5 Å². The van der Waals surface area contributed by atoms with E-state index >= 15 is 0 Å². The molecule has 0 aromatic heterocycles.